The van der Waals surface area contributed by atoms with Gasteiger partial charge in [0.25, 0.3) is 0 Å². The number of carbonyl (C=O) groups excluding carboxylic acids is 1. The number of rotatable bonds is 5. The van der Waals surface area contributed by atoms with E-state index in [0.29, 0.717) is 6.04 Å². The van der Waals surface area contributed by atoms with Crippen LogP contribution in [0.2, 0.25) is 0 Å². The zero-order chi connectivity index (χ0) is 14.3. The van der Waals surface area contributed by atoms with Crippen molar-refractivity contribution < 1.29 is 9.53 Å². The van der Waals surface area contributed by atoms with Crippen LogP contribution in [0.4, 0.5) is 4.79 Å². The Labute approximate surface area is 117 Å². The molecule has 1 N–H and O–H groups in total. The summed E-state index contributed by atoms with van der Waals surface area (Å²) in [6.07, 6.45) is 5.79. The molecule has 19 heavy (non-hydrogen) atoms. The van der Waals surface area contributed by atoms with Crippen molar-refractivity contribution in [3.05, 3.63) is 0 Å². The van der Waals surface area contributed by atoms with Gasteiger partial charge < -0.3 is 15.0 Å². The van der Waals surface area contributed by atoms with E-state index in [-0.39, 0.29) is 6.09 Å². The van der Waals surface area contributed by atoms with Gasteiger partial charge in [0, 0.05) is 19.1 Å². The van der Waals surface area contributed by atoms with Crippen LogP contribution in [0.3, 0.4) is 0 Å². The molecule has 0 saturated carbocycles. The topological polar surface area (TPSA) is 41.6 Å². The lowest BCUT2D eigenvalue weighted by molar-refractivity contribution is 0.0187. The maximum Gasteiger partial charge on any atom is 0.410 e. The number of amides is 1. The molecule has 1 amide bonds. The number of piperidine rings is 1. The van der Waals surface area contributed by atoms with E-state index in [1.54, 1.807) is 0 Å². The molecule has 0 aromatic rings. The molecule has 0 spiro atoms. The summed E-state index contributed by atoms with van der Waals surface area (Å²) in [5, 5.41) is 3.55. The van der Waals surface area contributed by atoms with Crippen LogP contribution in [0.1, 0.15) is 59.8 Å². The Morgan fingerprint density at radius 2 is 2.11 bits per heavy atom. The first-order valence-corrected chi connectivity index (χ1v) is 7.63. The fourth-order valence-corrected chi connectivity index (χ4v) is 2.32. The van der Waals surface area contributed by atoms with Crippen LogP contribution in [-0.2, 0) is 4.74 Å². The van der Waals surface area contributed by atoms with Crippen molar-refractivity contribution in [2.24, 2.45) is 0 Å². The lowest BCUT2D eigenvalue weighted by Crippen LogP contribution is -2.49. The predicted molar refractivity (Wildman–Crippen MR) is 78.4 cm³/mol. The first-order valence-electron chi connectivity index (χ1n) is 7.63. The van der Waals surface area contributed by atoms with Crippen molar-refractivity contribution in [2.45, 2.75) is 71.4 Å². The van der Waals surface area contributed by atoms with Crippen molar-refractivity contribution in [1.29, 1.82) is 0 Å². The van der Waals surface area contributed by atoms with Crippen molar-refractivity contribution >= 4 is 6.09 Å². The molecule has 0 radical (unpaired) electrons. The summed E-state index contributed by atoms with van der Waals surface area (Å²) in [4.78, 5) is 13.9. The molecule has 0 aromatic heterocycles. The van der Waals surface area contributed by atoms with E-state index in [9.17, 15) is 4.79 Å². The number of carbonyl (C=O) groups is 1. The van der Waals surface area contributed by atoms with Gasteiger partial charge in [0.05, 0.1) is 0 Å². The normalized spacial score (nSPS) is 20.4. The quantitative estimate of drug-likeness (QED) is 0.780. The monoisotopic (exact) mass is 270 g/mol. The Morgan fingerprint density at radius 1 is 1.37 bits per heavy atom. The standard InChI is InChI=1S/C15H30N2O2/c1-5-6-7-10-16-13-9-8-11-17(12-13)14(18)19-15(2,3)4/h13,16H,5-12H2,1-4H3. The largest absolute Gasteiger partial charge is 0.444 e. The summed E-state index contributed by atoms with van der Waals surface area (Å²) in [6, 6.07) is 0.429. The van der Waals surface area contributed by atoms with Gasteiger partial charge in [0.2, 0.25) is 0 Å². The second kappa shape index (κ2) is 7.73. The van der Waals surface area contributed by atoms with Crippen LogP contribution < -0.4 is 5.32 Å². The van der Waals surface area contributed by atoms with E-state index in [2.05, 4.69) is 12.2 Å². The molecule has 112 valence electrons. The van der Waals surface area contributed by atoms with Crippen LogP contribution in [0.5, 0.6) is 0 Å². The van der Waals surface area contributed by atoms with Gasteiger partial charge in [-0.2, -0.15) is 0 Å². The Balaban J connectivity index is 2.31. The van der Waals surface area contributed by atoms with Gasteiger partial charge in [0.1, 0.15) is 5.60 Å². The van der Waals surface area contributed by atoms with E-state index in [4.69, 9.17) is 4.74 Å². The van der Waals surface area contributed by atoms with E-state index in [0.717, 1.165) is 32.5 Å². The van der Waals surface area contributed by atoms with Gasteiger partial charge in [-0.15, -0.1) is 0 Å². The Bertz CT molecular complexity index is 274. The summed E-state index contributed by atoms with van der Waals surface area (Å²) in [7, 11) is 0. The molecule has 1 aliphatic rings. The molecule has 0 aromatic carbocycles. The van der Waals surface area contributed by atoms with Crippen molar-refractivity contribution in [1.82, 2.24) is 10.2 Å². The van der Waals surface area contributed by atoms with Crippen LogP contribution >= 0.6 is 0 Å². The molecule has 1 atom stereocenters. The van der Waals surface area contributed by atoms with Gasteiger partial charge >= 0.3 is 6.09 Å². The molecule has 1 rings (SSSR count). The third kappa shape index (κ3) is 6.81. The van der Waals surface area contributed by atoms with E-state index in [1.165, 1.54) is 19.3 Å². The molecule has 0 bridgehead atoms. The maximum atomic E-state index is 12.0. The van der Waals surface area contributed by atoms with Gasteiger partial charge in [-0.1, -0.05) is 19.8 Å². The van der Waals surface area contributed by atoms with Gasteiger partial charge in [-0.05, 0) is 46.6 Å². The minimum Gasteiger partial charge on any atom is -0.444 e. The zero-order valence-corrected chi connectivity index (χ0v) is 13.0. The third-order valence-corrected chi connectivity index (χ3v) is 3.29. The fourth-order valence-electron chi connectivity index (χ4n) is 2.32. The molecule has 1 heterocycles. The van der Waals surface area contributed by atoms with Gasteiger partial charge in [-0.3, -0.25) is 0 Å². The van der Waals surface area contributed by atoms with Crippen LogP contribution in [-0.4, -0.2) is 42.3 Å². The number of nitrogens with one attached hydrogen (secondary N) is 1. The first-order chi connectivity index (χ1) is 8.92. The lowest BCUT2D eigenvalue weighted by Gasteiger charge is -2.34. The summed E-state index contributed by atoms with van der Waals surface area (Å²) in [5.41, 5.74) is -0.404. The van der Waals surface area contributed by atoms with Crippen molar-refractivity contribution in [3.63, 3.8) is 0 Å². The molecule has 1 saturated heterocycles. The molecule has 4 heteroatoms. The molecule has 1 unspecified atom stereocenters. The smallest absolute Gasteiger partial charge is 0.410 e. The van der Waals surface area contributed by atoms with Gasteiger partial charge in [0.15, 0.2) is 0 Å². The second-order valence-corrected chi connectivity index (χ2v) is 6.43. The predicted octanol–water partition coefficient (Wildman–Crippen LogP) is 3.17. The highest BCUT2D eigenvalue weighted by Gasteiger charge is 2.27. The molecular formula is C15H30N2O2. The number of ether oxygens (including phenoxy) is 1. The van der Waals surface area contributed by atoms with Crippen molar-refractivity contribution in [3.8, 4) is 0 Å². The molecule has 1 aliphatic heterocycles. The lowest BCUT2D eigenvalue weighted by atomic mass is 10.1. The Kier molecular flexibility index (Phi) is 6.63. The van der Waals surface area contributed by atoms with Crippen LogP contribution in [0.25, 0.3) is 0 Å². The zero-order valence-electron chi connectivity index (χ0n) is 13.0. The van der Waals surface area contributed by atoms with Crippen LogP contribution in [0, 0.1) is 0 Å². The van der Waals surface area contributed by atoms with Crippen molar-refractivity contribution in [2.75, 3.05) is 19.6 Å². The maximum absolute atomic E-state index is 12.0. The Morgan fingerprint density at radius 3 is 2.74 bits per heavy atom. The third-order valence-electron chi connectivity index (χ3n) is 3.29. The van der Waals surface area contributed by atoms with E-state index >= 15 is 0 Å². The van der Waals surface area contributed by atoms with E-state index < -0.39 is 5.60 Å². The highest BCUT2D eigenvalue weighted by molar-refractivity contribution is 5.68. The number of hydrogen-bond acceptors (Lipinski definition) is 3. The highest BCUT2D eigenvalue weighted by atomic mass is 16.6. The number of nitrogens with zero attached hydrogens (tertiary/aromatic N) is 1. The summed E-state index contributed by atoms with van der Waals surface area (Å²) >= 11 is 0. The number of hydrogen-bond donors (Lipinski definition) is 1. The van der Waals surface area contributed by atoms with E-state index in [1.807, 2.05) is 25.7 Å². The fraction of sp³-hybridized carbons (Fsp3) is 0.933. The Hall–Kier alpha value is -0.770. The van der Waals surface area contributed by atoms with Gasteiger partial charge in [-0.25, -0.2) is 4.79 Å². The average molecular weight is 270 g/mol. The average Bonchev–Trinajstić information content (AvgIpc) is 2.33. The first kappa shape index (κ1) is 16.3. The minimum atomic E-state index is -0.404. The number of unbranched alkanes of at least 4 members (excludes halogenated alkanes) is 2. The SMILES string of the molecule is CCCCCNC1CCCN(C(=O)OC(C)(C)C)C1. The molecular weight excluding hydrogens is 240 g/mol. The minimum absolute atomic E-state index is 0.174. The molecule has 4 nitrogen and oxygen atoms in total. The summed E-state index contributed by atoms with van der Waals surface area (Å²) in [5.74, 6) is 0. The molecule has 1 fully saturated rings. The number of likely N-dealkylation sites (tertiary alicyclic amines) is 1. The van der Waals surface area contributed by atoms with Crippen LogP contribution in [0.15, 0.2) is 0 Å². The summed E-state index contributed by atoms with van der Waals surface area (Å²) in [6.45, 7) is 10.6. The second-order valence-electron chi connectivity index (χ2n) is 6.43. The highest BCUT2D eigenvalue weighted by Crippen LogP contribution is 2.15. The summed E-state index contributed by atoms with van der Waals surface area (Å²) < 4.78 is 5.43. The molecule has 0 aliphatic carbocycles.